The number of rotatable bonds is 39. The average Bonchev–Trinajstić information content (AvgIpc) is 3.29. The van der Waals surface area contributed by atoms with Gasteiger partial charge in [0, 0.05) is 12.8 Å². The van der Waals surface area contributed by atoms with E-state index < -0.39 is 89.6 Å². The predicted octanol–water partition coefficient (Wildman–Crippen LogP) is 8.36. The van der Waals surface area contributed by atoms with Crippen molar-refractivity contribution in [3.63, 3.8) is 0 Å². The number of carbonyl (C=O) groups is 2. The fourth-order valence-electron chi connectivity index (χ4n) is 6.72. The first-order chi connectivity index (χ1) is 32.5. The van der Waals surface area contributed by atoms with Crippen LogP contribution in [0.15, 0.2) is 85.1 Å². The lowest BCUT2D eigenvalue weighted by Gasteiger charge is -2.43. The van der Waals surface area contributed by atoms with Gasteiger partial charge in [0.05, 0.1) is 12.7 Å². The van der Waals surface area contributed by atoms with Crippen LogP contribution in [-0.2, 0) is 41.8 Å². The van der Waals surface area contributed by atoms with Crippen LogP contribution >= 0.6 is 15.6 Å². The molecule has 0 aliphatic heterocycles. The first-order valence-corrected chi connectivity index (χ1v) is 27.3. The highest BCUT2D eigenvalue weighted by Crippen LogP contribution is 2.49. The Labute approximate surface area is 404 Å². The van der Waals surface area contributed by atoms with Crippen molar-refractivity contribution in [2.24, 2.45) is 0 Å². The van der Waals surface area contributed by atoms with E-state index in [0.717, 1.165) is 77.0 Å². The van der Waals surface area contributed by atoms with Crippen LogP contribution in [0.4, 0.5) is 0 Å². The molecule has 0 heterocycles. The Balaban J connectivity index is 2.67. The smallest absolute Gasteiger partial charge is 0.462 e. The number of esters is 2. The molecule has 1 fully saturated rings. The third-order valence-corrected chi connectivity index (χ3v) is 12.0. The summed E-state index contributed by atoms with van der Waals surface area (Å²) in [6.45, 7) is 2.88. The van der Waals surface area contributed by atoms with Crippen molar-refractivity contribution >= 4 is 27.6 Å². The molecule has 17 nitrogen and oxygen atoms in total. The van der Waals surface area contributed by atoms with Crippen LogP contribution in [0.25, 0.3) is 0 Å². The molecule has 0 saturated heterocycles. The van der Waals surface area contributed by atoms with E-state index in [1.807, 2.05) is 42.5 Å². The fourth-order valence-corrected chi connectivity index (χ4v) is 8.26. The number of hydrogen-bond acceptors (Lipinski definition) is 14. The zero-order valence-electron chi connectivity index (χ0n) is 40.1. The molecule has 390 valence electrons. The number of aliphatic hydroxyl groups excluding tert-OH is 5. The number of carbonyl (C=O) groups excluding carboxylic acids is 2. The van der Waals surface area contributed by atoms with Gasteiger partial charge in [-0.25, -0.2) is 9.13 Å². The van der Waals surface area contributed by atoms with Gasteiger partial charge in [-0.3, -0.25) is 23.2 Å². The number of hydrogen-bond donors (Lipinski definition) is 8. The summed E-state index contributed by atoms with van der Waals surface area (Å²) in [4.78, 5) is 54.3. The quantitative estimate of drug-likeness (QED) is 0.00944. The highest BCUT2D eigenvalue weighted by molar-refractivity contribution is 7.47. The third kappa shape index (κ3) is 32.9. The zero-order valence-corrected chi connectivity index (χ0v) is 41.9. The fraction of sp³-hybridized carbons (Fsp3) is 0.673. The maximum absolute atomic E-state index is 13.0. The molecule has 0 bridgehead atoms. The second-order valence-corrected chi connectivity index (χ2v) is 19.3. The van der Waals surface area contributed by atoms with Crippen molar-refractivity contribution < 1.29 is 82.0 Å². The summed E-state index contributed by atoms with van der Waals surface area (Å²) in [5.74, 6) is -1.33. The predicted molar refractivity (Wildman–Crippen MR) is 261 cm³/mol. The average molecular weight is 1010 g/mol. The number of unbranched alkanes of at least 4 members (excludes halogenated alkanes) is 10. The summed E-state index contributed by atoms with van der Waals surface area (Å²) in [6.07, 6.45) is 30.0. The molecule has 8 N–H and O–H groups in total. The summed E-state index contributed by atoms with van der Waals surface area (Å²) < 4.78 is 49.3. The SMILES string of the molecule is CCCCC/C=C\C/C=C\C/C=C\CCCCCCC(=O)OC[C@H](COP(=O)(O)O[C@H]1C(O)C(O)C(O)[C@@H](OP(=O)(O)O)C1O)OC(=O)CCC/C=C\C/C=C\C/C=C\C=C\[C@@H](O)CCCCC. The first-order valence-electron chi connectivity index (χ1n) is 24.2. The van der Waals surface area contributed by atoms with Gasteiger partial charge in [0.2, 0.25) is 0 Å². The Morgan fingerprint density at radius 2 is 1.04 bits per heavy atom. The van der Waals surface area contributed by atoms with Crippen LogP contribution in [0.1, 0.15) is 149 Å². The van der Waals surface area contributed by atoms with Crippen LogP contribution in [-0.4, -0.2) is 114 Å². The molecule has 1 rings (SSSR count). The van der Waals surface area contributed by atoms with E-state index in [-0.39, 0.29) is 12.8 Å². The Morgan fingerprint density at radius 1 is 0.544 bits per heavy atom. The highest BCUT2D eigenvalue weighted by atomic mass is 31.2. The van der Waals surface area contributed by atoms with E-state index in [2.05, 4.69) is 54.8 Å². The topological polar surface area (TPSA) is 276 Å². The molecule has 0 aromatic rings. The van der Waals surface area contributed by atoms with Gasteiger partial charge in [0.1, 0.15) is 43.2 Å². The number of phosphoric ester groups is 2. The number of allylic oxidation sites excluding steroid dienone is 13. The second-order valence-electron chi connectivity index (χ2n) is 16.7. The van der Waals surface area contributed by atoms with Gasteiger partial charge in [-0.1, -0.05) is 144 Å². The minimum atomic E-state index is -5.38. The first kappa shape index (κ1) is 63.2. The van der Waals surface area contributed by atoms with E-state index in [9.17, 15) is 58.9 Å². The molecular formula is C49H82O17P2. The highest BCUT2D eigenvalue weighted by Gasteiger charge is 2.54. The normalized spacial score (nSPS) is 22.4. The third-order valence-electron chi connectivity index (χ3n) is 10.5. The van der Waals surface area contributed by atoms with Crippen molar-refractivity contribution in [1.82, 2.24) is 0 Å². The molecular weight excluding hydrogens is 922 g/mol. The van der Waals surface area contributed by atoms with E-state index in [0.29, 0.717) is 25.7 Å². The maximum atomic E-state index is 13.0. The van der Waals surface area contributed by atoms with Gasteiger partial charge in [-0.2, -0.15) is 0 Å². The number of phosphoric acid groups is 2. The minimum Gasteiger partial charge on any atom is -0.462 e. The Bertz CT molecular complexity index is 1650. The van der Waals surface area contributed by atoms with Crippen LogP contribution in [0.3, 0.4) is 0 Å². The van der Waals surface area contributed by atoms with Crippen molar-refractivity contribution in [2.45, 2.75) is 198 Å². The lowest BCUT2D eigenvalue weighted by atomic mass is 9.85. The molecule has 0 aromatic carbocycles. The zero-order chi connectivity index (χ0) is 50.5. The van der Waals surface area contributed by atoms with Gasteiger partial charge in [-0.15, -0.1) is 0 Å². The Hall–Kier alpha value is -2.86. The molecule has 0 amide bonds. The molecule has 5 unspecified atom stereocenters. The van der Waals surface area contributed by atoms with Gasteiger partial charge in [0.15, 0.2) is 6.10 Å². The number of aliphatic hydroxyl groups is 5. The van der Waals surface area contributed by atoms with Crippen molar-refractivity contribution in [3.8, 4) is 0 Å². The van der Waals surface area contributed by atoms with Crippen molar-refractivity contribution in [2.75, 3.05) is 13.2 Å². The molecule has 0 spiro atoms. The molecule has 1 aliphatic rings. The lowest BCUT2D eigenvalue weighted by Crippen LogP contribution is -2.64. The molecule has 9 atom stereocenters. The largest absolute Gasteiger partial charge is 0.472 e. The Kier molecular flexibility index (Phi) is 36.1. The van der Waals surface area contributed by atoms with Gasteiger partial charge >= 0.3 is 27.6 Å². The summed E-state index contributed by atoms with van der Waals surface area (Å²) in [7, 11) is -10.7. The Morgan fingerprint density at radius 3 is 1.63 bits per heavy atom. The van der Waals surface area contributed by atoms with Gasteiger partial charge in [0.25, 0.3) is 0 Å². The van der Waals surface area contributed by atoms with Crippen LogP contribution in [0.2, 0.25) is 0 Å². The summed E-state index contributed by atoms with van der Waals surface area (Å²) >= 11 is 0. The number of ether oxygens (including phenoxy) is 2. The summed E-state index contributed by atoms with van der Waals surface area (Å²) in [6, 6.07) is 0. The second kappa shape index (κ2) is 38.8. The molecule has 0 aromatic heterocycles. The molecule has 1 aliphatic carbocycles. The monoisotopic (exact) mass is 1000 g/mol. The summed E-state index contributed by atoms with van der Waals surface area (Å²) in [5.41, 5.74) is 0. The maximum Gasteiger partial charge on any atom is 0.472 e. The minimum absolute atomic E-state index is 0.0616. The van der Waals surface area contributed by atoms with Crippen LogP contribution < -0.4 is 0 Å². The van der Waals surface area contributed by atoms with Crippen LogP contribution in [0.5, 0.6) is 0 Å². The van der Waals surface area contributed by atoms with Crippen LogP contribution in [0, 0.1) is 0 Å². The van der Waals surface area contributed by atoms with E-state index in [4.69, 9.17) is 18.5 Å². The molecule has 1 saturated carbocycles. The van der Waals surface area contributed by atoms with E-state index >= 15 is 0 Å². The van der Waals surface area contributed by atoms with E-state index in [1.165, 1.54) is 19.3 Å². The summed E-state index contributed by atoms with van der Waals surface area (Å²) in [5, 5.41) is 51.2. The van der Waals surface area contributed by atoms with E-state index in [1.54, 1.807) is 6.08 Å². The van der Waals surface area contributed by atoms with Crippen molar-refractivity contribution in [1.29, 1.82) is 0 Å². The molecule has 68 heavy (non-hydrogen) atoms. The lowest BCUT2D eigenvalue weighted by molar-refractivity contribution is -0.216. The van der Waals surface area contributed by atoms with Gasteiger partial charge in [-0.05, 0) is 77.0 Å². The van der Waals surface area contributed by atoms with Crippen molar-refractivity contribution in [3.05, 3.63) is 85.1 Å². The molecule has 19 heteroatoms. The molecule has 0 radical (unpaired) electrons. The standard InChI is InChI=1S/C49H82O17P2/c1-3-5-7-8-9-10-11-12-13-14-15-16-19-22-25-28-32-36-42(51)62-38-41(39-63-68(60,61)66-49-46(55)44(53)45(54)48(47(49)56)65-67(57,58)59)64-43(52)37-33-29-26-23-20-17-18-21-24-27-31-35-40(50)34-30-6-4-2/h9-10,12-13,15-18,23-24,26-27,31,35,40-41,44-50,53-56H,3-8,11,14,19-22,25,28-30,32-34,36-39H2,1-2H3,(H,60,61)(H2,57,58,59)/b10-9-,13-12-,16-15-,18-17-,26-23-,27-24-,35-31+/t40-,41+,44?,45?,46?,47?,48+,49-/m0/s1. The van der Waals surface area contributed by atoms with Gasteiger partial charge < -0.3 is 49.7 Å².